The normalized spacial score (nSPS) is 12.8. The number of esters is 1. The molecular weight excluding hydrogens is 404 g/mol. The zero-order chi connectivity index (χ0) is 22.5. The maximum atomic E-state index is 12.5. The maximum Gasteiger partial charge on any atom is 0.324 e. The van der Waals surface area contributed by atoms with Crippen LogP contribution in [0.4, 0.5) is 5.69 Å². The monoisotopic (exact) mass is 432 g/mol. The van der Waals surface area contributed by atoms with Gasteiger partial charge in [0.25, 0.3) is 0 Å². The summed E-state index contributed by atoms with van der Waals surface area (Å²) in [6.45, 7) is 9.18. The fourth-order valence-corrected chi connectivity index (χ4v) is 3.84. The molecule has 0 aliphatic heterocycles. The van der Waals surface area contributed by atoms with Crippen LogP contribution in [0.1, 0.15) is 45.7 Å². The molecular formula is C22H28N2O5S. The van der Waals surface area contributed by atoms with Gasteiger partial charge in [-0.15, -0.1) is 0 Å². The van der Waals surface area contributed by atoms with E-state index in [4.69, 9.17) is 4.74 Å². The van der Waals surface area contributed by atoms with Gasteiger partial charge in [-0.3, -0.25) is 9.59 Å². The van der Waals surface area contributed by atoms with Crippen LogP contribution in [0.15, 0.2) is 53.4 Å². The minimum atomic E-state index is -3.92. The van der Waals surface area contributed by atoms with Crippen molar-refractivity contribution in [1.82, 2.24) is 4.72 Å². The van der Waals surface area contributed by atoms with Crippen LogP contribution in [0.25, 0.3) is 0 Å². The van der Waals surface area contributed by atoms with E-state index in [0.29, 0.717) is 5.69 Å². The molecule has 162 valence electrons. The Morgan fingerprint density at radius 2 is 1.57 bits per heavy atom. The van der Waals surface area contributed by atoms with Crippen LogP contribution in [0.5, 0.6) is 0 Å². The summed E-state index contributed by atoms with van der Waals surface area (Å²) in [4.78, 5) is 23.3. The number of ether oxygens (including phenoxy) is 1. The average molecular weight is 433 g/mol. The number of amides is 1. The summed E-state index contributed by atoms with van der Waals surface area (Å²) >= 11 is 0. The number of carbonyl (C=O) groups is 2. The van der Waals surface area contributed by atoms with Gasteiger partial charge in [0.15, 0.2) is 0 Å². The summed E-state index contributed by atoms with van der Waals surface area (Å²) in [6, 6.07) is 12.3. The molecule has 2 rings (SSSR count). The van der Waals surface area contributed by atoms with Crippen LogP contribution < -0.4 is 10.0 Å². The topological polar surface area (TPSA) is 102 Å². The highest BCUT2D eigenvalue weighted by Gasteiger charge is 2.23. The molecule has 1 amide bonds. The highest BCUT2D eigenvalue weighted by Crippen LogP contribution is 2.22. The van der Waals surface area contributed by atoms with Crippen molar-refractivity contribution < 1.29 is 22.7 Å². The summed E-state index contributed by atoms with van der Waals surface area (Å²) in [5.41, 5.74) is 2.50. The van der Waals surface area contributed by atoms with Crippen molar-refractivity contribution >= 4 is 27.6 Å². The molecule has 0 bridgehead atoms. The summed E-state index contributed by atoms with van der Waals surface area (Å²) in [5, 5.41) is 2.56. The Hall–Kier alpha value is -2.71. The van der Waals surface area contributed by atoms with Crippen LogP contribution in [0.2, 0.25) is 0 Å². The van der Waals surface area contributed by atoms with Crippen LogP contribution >= 0.6 is 0 Å². The van der Waals surface area contributed by atoms with Gasteiger partial charge in [0.05, 0.1) is 4.90 Å². The summed E-state index contributed by atoms with van der Waals surface area (Å²) in [7, 11) is -3.92. The second-order valence-electron chi connectivity index (χ2n) is 8.10. The third-order valence-corrected chi connectivity index (χ3v) is 5.93. The first-order valence-corrected chi connectivity index (χ1v) is 11.0. The van der Waals surface area contributed by atoms with Crippen LogP contribution in [-0.2, 0) is 36.4 Å². The van der Waals surface area contributed by atoms with E-state index in [1.54, 1.807) is 0 Å². The predicted octanol–water partition coefficient (Wildman–Crippen LogP) is 3.35. The molecule has 2 N–H and O–H groups in total. The molecule has 0 aliphatic rings. The Kier molecular flexibility index (Phi) is 7.39. The molecule has 0 aromatic heterocycles. The van der Waals surface area contributed by atoms with Gasteiger partial charge >= 0.3 is 5.97 Å². The molecule has 7 nitrogen and oxygen atoms in total. The number of anilines is 1. The van der Waals surface area contributed by atoms with E-state index in [1.807, 2.05) is 24.3 Å². The molecule has 0 aliphatic carbocycles. The van der Waals surface area contributed by atoms with E-state index in [1.165, 1.54) is 43.7 Å². The number of nitrogens with one attached hydrogen (secondary N) is 2. The van der Waals surface area contributed by atoms with Crippen molar-refractivity contribution in [3.63, 3.8) is 0 Å². The van der Waals surface area contributed by atoms with E-state index >= 15 is 0 Å². The zero-order valence-corrected chi connectivity index (χ0v) is 18.7. The number of carbonyl (C=O) groups excluding carboxylic acids is 2. The highest BCUT2D eigenvalue weighted by atomic mass is 32.2. The third-order valence-electron chi connectivity index (χ3n) is 4.37. The molecule has 2 aromatic rings. The first kappa shape index (κ1) is 23.6. The van der Waals surface area contributed by atoms with Crippen molar-refractivity contribution in [1.29, 1.82) is 0 Å². The van der Waals surface area contributed by atoms with Crippen molar-refractivity contribution in [2.45, 2.75) is 57.6 Å². The molecule has 1 atom stereocenters. The lowest BCUT2D eigenvalue weighted by atomic mass is 9.87. The van der Waals surface area contributed by atoms with E-state index in [-0.39, 0.29) is 22.8 Å². The number of hydrogen-bond donors (Lipinski definition) is 2. The van der Waals surface area contributed by atoms with Crippen molar-refractivity contribution in [3.8, 4) is 0 Å². The molecule has 0 fully saturated rings. The quantitative estimate of drug-likeness (QED) is 0.654. The molecule has 0 heterocycles. The minimum absolute atomic E-state index is 0.0194. The predicted molar refractivity (Wildman–Crippen MR) is 115 cm³/mol. The molecule has 8 heteroatoms. The molecule has 0 radical (unpaired) electrons. The Labute approximate surface area is 177 Å². The van der Waals surface area contributed by atoms with Crippen molar-refractivity contribution in [3.05, 3.63) is 59.7 Å². The second kappa shape index (κ2) is 9.40. The molecule has 0 spiro atoms. The summed E-state index contributed by atoms with van der Waals surface area (Å²) < 4.78 is 32.5. The van der Waals surface area contributed by atoms with Gasteiger partial charge in [0.1, 0.15) is 12.6 Å². The van der Waals surface area contributed by atoms with Gasteiger partial charge in [0.2, 0.25) is 15.9 Å². The molecule has 2 aromatic carbocycles. The van der Waals surface area contributed by atoms with Crippen molar-refractivity contribution in [2.75, 3.05) is 5.32 Å². The average Bonchev–Trinajstić information content (AvgIpc) is 2.65. The number of rotatable bonds is 7. The summed E-state index contributed by atoms with van der Waals surface area (Å²) in [6.07, 6.45) is 0. The number of hydrogen-bond acceptors (Lipinski definition) is 5. The second-order valence-corrected chi connectivity index (χ2v) is 9.82. The third kappa shape index (κ3) is 6.67. The molecule has 1 unspecified atom stereocenters. The maximum absolute atomic E-state index is 12.5. The van der Waals surface area contributed by atoms with Gasteiger partial charge in [0, 0.05) is 12.6 Å². The number of benzene rings is 2. The molecule has 0 saturated heterocycles. The smallest absolute Gasteiger partial charge is 0.324 e. The van der Waals surface area contributed by atoms with Gasteiger partial charge in [-0.05, 0) is 47.7 Å². The zero-order valence-electron chi connectivity index (χ0n) is 17.9. The van der Waals surface area contributed by atoms with Crippen LogP contribution in [0.3, 0.4) is 0 Å². The lowest BCUT2D eigenvalue weighted by Gasteiger charge is -2.19. The van der Waals surface area contributed by atoms with Gasteiger partial charge in [-0.25, -0.2) is 8.42 Å². The van der Waals surface area contributed by atoms with E-state index in [0.717, 1.165) is 5.56 Å². The molecule has 30 heavy (non-hydrogen) atoms. The van der Waals surface area contributed by atoms with Crippen LogP contribution in [0, 0.1) is 0 Å². The van der Waals surface area contributed by atoms with Gasteiger partial charge in [-0.2, -0.15) is 4.72 Å². The standard InChI is InChI=1S/C22H28N2O5S/c1-15(21(26)29-14-17-6-8-18(9-7-17)22(3,4)5)24-30(27,28)20-12-10-19(11-13-20)23-16(2)25/h6-13,15,24H,14H2,1-5H3,(H,23,25). The van der Waals surface area contributed by atoms with Crippen LogP contribution in [-0.4, -0.2) is 26.3 Å². The van der Waals surface area contributed by atoms with E-state index in [2.05, 4.69) is 30.8 Å². The fraction of sp³-hybridized carbons (Fsp3) is 0.364. The van der Waals surface area contributed by atoms with E-state index in [9.17, 15) is 18.0 Å². The molecule has 0 saturated carbocycles. The Morgan fingerprint density at radius 3 is 2.07 bits per heavy atom. The summed E-state index contributed by atoms with van der Waals surface area (Å²) in [5.74, 6) is -0.929. The lowest BCUT2D eigenvalue weighted by Crippen LogP contribution is -2.39. The van der Waals surface area contributed by atoms with Crippen molar-refractivity contribution in [2.24, 2.45) is 0 Å². The fourth-order valence-electron chi connectivity index (χ4n) is 2.65. The Morgan fingerprint density at radius 1 is 1.00 bits per heavy atom. The first-order valence-electron chi connectivity index (χ1n) is 9.54. The first-order chi connectivity index (χ1) is 13.9. The highest BCUT2D eigenvalue weighted by molar-refractivity contribution is 7.89. The number of sulfonamides is 1. The SMILES string of the molecule is CC(=O)Nc1ccc(S(=O)(=O)NC(C)C(=O)OCc2ccc(C(C)(C)C)cc2)cc1. The lowest BCUT2D eigenvalue weighted by molar-refractivity contribution is -0.146. The Bertz CT molecular complexity index is 991. The minimum Gasteiger partial charge on any atom is -0.460 e. The van der Waals surface area contributed by atoms with E-state index < -0.39 is 22.0 Å². The van der Waals surface area contributed by atoms with Gasteiger partial charge in [-0.1, -0.05) is 45.0 Å². The Balaban J connectivity index is 1.95. The largest absolute Gasteiger partial charge is 0.460 e. The van der Waals surface area contributed by atoms with Gasteiger partial charge < -0.3 is 10.1 Å².